The van der Waals surface area contributed by atoms with Crippen LogP contribution in [0.15, 0.2) is 24.3 Å². The Hall–Kier alpha value is -1.64. The summed E-state index contributed by atoms with van der Waals surface area (Å²) in [6, 6.07) is 8.46. The lowest BCUT2D eigenvalue weighted by Crippen LogP contribution is -2.17. The Morgan fingerprint density at radius 3 is 2.79 bits per heavy atom. The molecule has 0 saturated carbocycles. The zero-order chi connectivity index (χ0) is 13.9. The highest BCUT2D eigenvalue weighted by molar-refractivity contribution is 5.76. The lowest BCUT2D eigenvalue weighted by atomic mass is 9.87. The van der Waals surface area contributed by atoms with Crippen LogP contribution in [0.3, 0.4) is 0 Å². The molecule has 2 rings (SSSR count). The molecule has 0 unspecified atom stereocenters. The molecule has 102 valence electrons. The van der Waals surface area contributed by atoms with Gasteiger partial charge < -0.3 is 4.74 Å². The van der Waals surface area contributed by atoms with Crippen LogP contribution in [0.1, 0.15) is 39.2 Å². The van der Waals surface area contributed by atoms with E-state index in [0.29, 0.717) is 13.0 Å². The van der Waals surface area contributed by atoms with Gasteiger partial charge in [0.2, 0.25) is 5.69 Å². The third-order valence-electron chi connectivity index (χ3n) is 3.47. The van der Waals surface area contributed by atoms with E-state index in [1.54, 1.807) is 0 Å². The van der Waals surface area contributed by atoms with E-state index in [2.05, 4.69) is 48.9 Å². The summed E-state index contributed by atoms with van der Waals surface area (Å²) in [4.78, 5) is 11.3. The van der Waals surface area contributed by atoms with E-state index < -0.39 is 0 Å². The second kappa shape index (κ2) is 5.55. The molecule has 3 nitrogen and oxygen atoms in total. The Kier molecular flexibility index (Phi) is 4.03. The van der Waals surface area contributed by atoms with Gasteiger partial charge in [0, 0.05) is 18.1 Å². The lowest BCUT2D eigenvalue weighted by molar-refractivity contribution is -0.434. The van der Waals surface area contributed by atoms with Gasteiger partial charge in [0.15, 0.2) is 6.21 Å². The van der Waals surface area contributed by atoms with Crippen molar-refractivity contribution in [2.24, 2.45) is 0 Å². The Bertz CT molecular complexity index is 503. The SMILES string of the molecule is CCOC(=O)CCC[N+]1=CC(C)(C)c2ccccc21. The molecule has 0 bridgehead atoms. The molecule has 0 aliphatic carbocycles. The molecule has 3 heteroatoms. The van der Waals surface area contributed by atoms with Crippen LogP contribution in [0.4, 0.5) is 5.69 Å². The summed E-state index contributed by atoms with van der Waals surface area (Å²) in [5.41, 5.74) is 2.68. The Morgan fingerprint density at radius 1 is 1.32 bits per heavy atom. The third-order valence-corrected chi connectivity index (χ3v) is 3.47. The van der Waals surface area contributed by atoms with Crippen LogP contribution in [0.5, 0.6) is 0 Å². The van der Waals surface area contributed by atoms with Gasteiger partial charge in [0.05, 0.1) is 18.4 Å². The standard InChI is InChI=1S/C16H22NO2/c1-4-19-15(18)10-7-11-17-12-16(2,3)13-8-5-6-9-14(13)17/h5-6,8-9,12H,4,7,10-11H2,1-3H3/q+1. The van der Waals surface area contributed by atoms with Crippen LogP contribution < -0.4 is 0 Å². The van der Waals surface area contributed by atoms with E-state index in [-0.39, 0.29) is 11.4 Å². The quantitative estimate of drug-likeness (QED) is 0.601. The van der Waals surface area contributed by atoms with Crippen molar-refractivity contribution in [1.82, 2.24) is 0 Å². The molecular weight excluding hydrogens is 238 g/mol. The van der Waals surface area contributed by atoms with Crippen molar-refractivity contribution >= 4 is 17.9 Å². The fourth-order valence-electron chi connectivity index (χ4n) is 2.61. The van der Waals surface area contributed by atoms with Crippen LogP contribution in [0.2, 0.25) is 0 Å². The summed E-state index contributed by atoms with van der Waals surface area (Å²) in [6.45, 7) is 7.60. The number of hydrogen-bond donors (Lipinski definition) is 0. The first-order valence-corrected chi connectivity index (χ1v) is 6.92. The minimum Gasteiger partial charge on any atom is -0.466 e. The molecule has 0 saturated heterocycles. The molecule has 1 aromatic carbocycles. The first kappa shape index (κ1) is 13.8. The molecule has 0 spiro atoms. The lowest BCUT2D eigenvalue weighted by Gasteiger charge is -2.09. The van der Waals surface area contributed by atoms with Crippen LogP contribution in [-0.2, 0) is 14.9 Å². The van der Waals surface area contributed by atoms with Crippen LogP contribution in [-0.4, -0.2) is 29.9 Å². The monoisotopic (exact) mass is 260 g/mol. The van der Waals surface area contributed by atoms with Gasteiger partial charge in [-0.3, -0.25) is 4.79 Å². The van der Waals surface area contributed by atoms with Crippen LogP contribution in [0.25, 0.3) is 0 Å². The summed E-state index contributed by atoms with van der Waals surface area (Å²) >= 11 is 0. The molecule has 0 aromatic heterocycles. The largest absolute Gasteiger partial charge is 0.466 e. The van der Waals surface area contributed by atoms with Crippen molar-refractivity contribution in [2.75, 3.05) is 13.2 Å². The predicted octanol–water partition coefficient (Wildman–Crippen LogP) is 3.04. The number of carbonyl (C=O) groups is 1. The van der Waals surface area contributed by atoms with Crippen molar-refractivity contribution in [1.29, 1.82) is 0 Å². The molecule has 19 heavy (non-hydrogen) atoms. The van der Waals surface area contributed by atoms with E-state index in [0.717, 1.165) is 13.0 Å². The third kappa shape index (κ3) is 3.03. The fraction of sp³-hybridized carbons (Fsp3) is 0.500. The normalized spacial score (nSPS) is 15.8. The maximum Gasteiger partial charge on any atom is 0.306 e. The second-order valence-electron chi connectivity index (χ2n) is 5.47. The topological polar surface area (TPSA) is 29.3 Å². The molecule has 1 aliphatic rings. The summed E-state index contributed by atoms with van der Waals surface area (Å²) in [6.07, 6.45) is 3.56. The maximum atomic E-state index is 11.3. The molecule has 0 N–H and O–H groups in total. The summed E-state index contributed by atoms with van der Waals surface area (Å²) in [7, 11) is 0. The number of esters is 1. The predicted molar refractivity (Wildman–Crippen MR) is 76.2 cm³/mol. The van der Waals surface area contributed by atoms with Crippen molar-refractivity contribution in [3.63, 3.8) is 0 Å². The molecule has 0 radical (unpaired) electrons. The summed E-state index contributed by atoms with van der Waals surface area (Å²) in [5.74, 6) is -0.103. The second-order valence-corrected chi connectivity index (χ2v) is 5.47. The van der Waals surface area contributed by atoms with E-state index in [1.807, 2.05) is 6.92 Å². The first-order chi connectivity index (χ1) is 9.04. The minimum atomic E-state index is -0.103. The zero-order valence-electron chi connectivity index (χ0n) is 12.0. The number of nitrogens with zero attached hydrogens (tertiary/aromatic N) is 1. The van der Waals surface area contributed by atoms with Crippen molar-refractivity contribution < 1.29 is 14.1 Å². The van der Waals surface area contributed by atoms with Gasteiger partial charge in [0.25, 0.3) is 0 Å². The van der Waals surface area contributed by atoms with Crippen LogP contribution in [0, 0.1) is 0 Å². The summed E-state index contributed by atoms with van der Waals surface area (Å²) in [5, 5.41) is 0. The molecule has 0 fully saturated rings. The minimum absolute atomic E-state index is 0.0700. The Morgan fingerprint density at radius 2 is 2.05 bits per heavy atom. The average Bonchev–Trinajstić information content (AvgIpc) is 2.62. The highest BCUT2D eigenvalue weighted by Crippen LogP contribution is 2.35. The number of hydrogen-bond acceptors (Lipinski definition) is 2. The molecule has 1 aromatic rings. The van der Waals surface area contributed by atoms with Gasteiger partial charge in [-0.1, -0.05) is 18.2 Å². The van der Waals surface area contributed by atoms with E-state index in [4.69, 9.17) is 4.74 Å². The smallest absolute Gasteiger partial charge is 0.306 e. The number of carbonyl (C=O) groups excluding carboxylic acids is 1. The van der Waals surface area contributed by atoms with Gasteiger partial charge in [-0.25, -0.2) is 4.58 Å². The Balaban J connectivity index is 2.01. The number of ether oxygens (including phenoxy) is 1. The summed E-state index contributed by atoms with van der Waals surface area (Å²) < 4.78 is 7.21. The first-order valence-electron chi connectivity index (χ1n) is 6.92. The van der Waals surface area contributed by atoms with Gasteiger partial charge in [0.1, 0.15) is 6.54 Å². The molecule has 0 amide bonds. The van der Waals surface area contributed by atoms with Gasteiger partial charge >= 0.3 is 5.97 Å². The number of benzene rings is 1. The van der Waals surface area contributed by atoms with Crippen molar-refractivity contribution in [2.45, 2.75) is 39.0 Å². The van der Waals surface area contributed by atoms with Gasteiger partial charge in [-0.15, -0.1) is 0 Å². The molecule has 0 atom stereocenters. The molecule has 1 aliphatic heterocycles. The highest BCUT2D eigenvalue weighted by Gasteiger charge is 2.36. The van der Waals surface area contributed by atoms with Gasteiger partial charge in [-0.05, 0) is 20.8 Å². The fourth-order valence-corrected chi connectivity index (χ4v) is 2.61. The average molecular weight is 260 g/mol. The molecular formula is C16H22NO2+. The van der Waals surface area contributed by atoms with Gasteiger partial charge in [-0.2, -0.15) is 0 Å². The Labute approximate surface area is 114 Å². The van der Waals surface area contributed by atoms with Crippen molar-refractivity contribution in [3.05, 3.63) is 29.8 Å². The van der Waals surface area contributed by atoms with E-state index >= 15 is 0 Å². The van der Waals surface area contributed by atoms with Crippen LogP contribution >= 0.6 is 0 Å². The highest BCUT2D eigenvalue weighted by atomic mass is 16.5. The molecule has 1 heterocycles. The number of para-hydroxylation sites is 1. The van der Waals surface area contributed by atoms with E-state index in [1.165, 1.54) is 11.3 Å². The zero-order valence-corrected chi connectivity index (χ0v) is 12.0. The number of fused-ring (bicyclic) bond motifs is 1. The number of rotatable bonds is 5. The maximum absolute atomic E-state index is 11.3. The van der Waals surface area contributed by atoms with Crippen molar-refractivity contribution in [3.8, 4) is 0 Å². The van der Waals surface area contributed by atoms with E-state index in [9.17, 15) is 4.79 Å².